The van der Waals surface area contributed by atoms with Gasteiger partial charge in [0.2, 0.25) is 0 Å². The van der Waals surface area contributed by atoms with E-state index in [4.69, 9.17) is 9.47 Å². The van der Waals surface area contributed by atoms with Crippen LogP contribution in [0.1, 0.15) is 21.5 Å². The minimum absolute atomic E-state index is 0.0419. The van der Waals surface area contributed by atoms with Crippen molar-refractivity contribution in [3.8, 4) is 17.2 Å². The first-order valence-electron chi connectivity index (χ1n) is 7.12. The number of aromatic hydroxyl groups is 1. The Morgan fingerprint density at radius 1 is 1.08 bits per heavy atom. The average Bonchev–Trinajstić information content (AvgIpc) is 2.84. The molecule has 0 aliphatic heterocycles. The summed E-state index contributed by atoms with van der Waals surface area (Å²) in [7, 11) is 3.12. The van der Waals surface area contributed by atoms with E-state index in [9.17, 15) is 9.90 Å². The summed E-state index contributed by atoms with van der Waals surface area (Å²) >= 11 is 4.32. The summed E-state index contributed by atoms with van der Waals surface area (Å²) in [4.78, 5) is 12.7. The van der Waals surface area contributed by atoms with Crippen LogP contribution in [0, 0.1) is 7.14 Å². The molecule has 1 N–H and O–H groups in total. The van der Waals surface area contributed by atoms with Crippen molar-refractivity contribution in [3.63, 3.8) is 0 Å². The molecule has 0 saturated carbocycles. The van der Waals surface area contributed by atoms with Crippen molar-refractivity contribution in [2.45, 2.75) is 6.42 Å². The van der Waals surface area contributed by atoms with Crippen LogP contribution in [0.5, 0.6) is 17.2 Å². The third-order valence-corrected chi connectivity index (χ3v) is 5.43. The quantitative estimate of drug-likeness (QED) is 0.456. The lowest BCUT2D eigenvalue weighted by Gasteiger charge is -2.08. The van der Waals surface area contributed by atoms with Gasteiger partial charge >= 0.3 is 0 Å². The highest BCUT2D eigenvalue weighted by atomic mass is 127. The molecule has 2 aromatic rings. The van der Waals surface area contributed by atoms with Gasteiger partial charge in [0.05, 0.1) is 14.2 Å². The molecule has 6 heteroatoms. The van der Waals surface area contributed by atoms with Gasteiger partial charge in [-0.1, -0.05) is 0 Å². The number of fused-ring (bicyclic) bond motifs is 1. The number of benzene rings is 2. The summed E-state index contributed by atoms with van der Waals surface area (Å²) in [5, 5.41) is 10.2. The molecule has 0 atom stereocenters. The minimum atomic E-state index is -0.0419. The summed E-state index contributed by atoms with van der Waals surface area (Å²) in [6, 6.07) is 7.21. The van der Waals surface area contributed by atoms with Crippen LogP contribution in [0.25, 0.3) is 6.08 Å². The lowest BCUT2D eigenvalue weighted by atomic mass is 10.1. The summed E-state index contributed by atoms with van der Waals surface area (Å²) in [6.45, 7) is 0. The van der Waals surface area contributed by atoms with Crippen LogP contribution in [0.2, 0.25) is 0 Å². The van der Waals surface area contributed by atoms with Crippen molar-refractivity contribution in [2.75, 3.05) is 14.2 Å². The number of halogens is 2. The number of allylic oxidation sites excluding steroid dienone is 1. The second-order valence-corrected chi connectivity index (χ2v) is 7.77. The maximum Gasteiger partial charge on any atom is 0.189 e. The van der Waals surface area contributed by atoms with E-state index in [2.05, 4.69) is 45.2 Å². The van der Waals surface area contributed by atoms with Gasteiger partial charge in [-0.15, -0.1) is 0 Å². The van der Waals surface area contributed by atoms with E-state index >= 15 is 0 Å². The molecule has 0 bridgehead atoms. The number of hydrogen-bond donors (Lipinski definition) is 1. The number of ether oxygens (including phenoxy) is 2. The molecule has 1 aliphatic rings. The molecule has 0 heterocycles. The zero-order valence-corrected chi connectivity index (χ0v) is 17.3. The van der Waals surface area contributed by atoms with E-state index < -0.39 is 0 Å². The van der Waals surface area contributed by atoms with Crippen LogP contribution in [-0.4, -0.2) is 25.1 Å². The Labute approximate surface area is 167 Å². The normalized spacial score (nSPS) is 14.8. The molecule has 0 unspecified atom stereocenters. The molecular formula is C18H14I2O4. The zero-order valence-electron chi connectivity index (χ0n) is 13.0. The van der Waals surface area contributed by atoms with E-state index in [0.29, 0.717) is 34.6 Å². The van der Waals surface area contributed by atoms with Gasteiger partial charge in [-0.05, 0) is 81.1 Å². The maximum absolute atomic E-state index is 12.7. The number of ketones is 1. The Bertz CT molecular complexity index is 849. The summed E-state index contributed by atoms with van der Waals surface area (Å²) in [6.07, 6.45) is 2.28. The predicted octanol–water partition coefficient (Wildman–Crippen LogP) is 4.44. The number of carbonyl (C=O) groups is 1. The summed E-state index contributed by atoms with van der Waals surface area (Å²) in [5.41, 5.74) is 2.85. The Balaban J connectivity index is 2.05. The fraction of sp³-hybridized carbons (Fsp3) is 0.167. The first kappa shape index (κ1) is 17.5. The standard InChI is InChI=1S/C18H14I2O4/c1-23-16-5-9-3-10(18(22)12(9)8-17(16)24-2)4-13-14(20)6-11(19)7-15(13)21/h4-8,21H,3H2,1-2H3. The lowest BCUT2D eigenvalue weighted by molar-refractivity contribution is 0.104. The third-order valence-electron chi connectivity index (χ3n) is 3.92. The number of phenolic OH excluding ortho intramolecular Hbond substituents is 1. The SMILES string of the molecule is COc1cc2c(cc1OC)C(=O)C(=Cc1c(O)cc(I)cc1I)C2. The number of hydrogen-bond acceptors (Lipinski definition) is 4. The van der Waals surface area contributed by atoms with Crippen molar-refractivity contribution in [1.82, 2.24) is 0 Å². The molecule has 0 amide bonds. The lowest BCUT2D eigenvalue weighted by Crippen LogP contribution is -1.98. The third kappa shape index (κ3) is 3.13. The van der Waals surface area contributed by atoms with Crippen LogP contribution < -0.4 is 9.47 Å². The summed E-state index contributed by atoms with van der Waals surface area (Å²) < 4.78 is 12.4. The van der Waals surface area contributed by atoms with Crippen molar-refractivity contribution >= 4 is 57.0 Å². The highest BCUT2D eigenvalue weighted by Gasteiger charge is 2.27. The van der Waals surface area contributed by atoms with Crippen LogP contribution in [0.4, 0.5) is 0 Å². The topological polar surface area (TPSA) is 55.8 Å². The molecule has 0 spiro atoms. The van der Waals surface area contributed by atoms with E-state index in [-0.39, 0.29) is 11.5 Å². The zero-order chi connectivity index (χ0) is 17.4. The number of Topliss-reactive ketones (excluding diaryl/α,β-unsaturated/α-hetero) is 1. The largest absolute Gasteiger partial charge is 0.507 e. The first-order valence-corrected chi connectivity index (χ1v) is 9.28. The Kier molecular flexibility index (Phi) is 5.05. The Hall–Kier alpha value is -1.29. The van der Waals surface area contributed by atoms with Gasteiger partial charge in [-0.3, -0.25) is 4.79 Å². The average molecular weight is 548 g/mol. The van der Waals surface area contributed by atoms with Gasteiger partial charge in [-0.25, -0.2) is 0 Å². The monoisotopic (exact) mass is 548 g/mol. The Morgan fingerprint density at radius 2 is 1.75 bits per heavy atom. The molecule has 0 aromatic heterocycles. The predicted molar refractivity (Wildman–Crippen MR) is 109 cm³/mol. The molecule has 3 rings (SSSR count). The number of rotatable bonds is 3. The molecule has 24 heavy (non-hydrogen) atoms. The van der Waals surface area contributed by atoms with Crippen LogP contribution >= 0.6 is 45.2 Å². The minimum Gasteiger partial charge on any atom is -0.507 e. The molecule has 0 saturated heterocycles. The highest BCUT2D eigenvalue weighted by Crippen LogP contribution is 2.38. The highest BCUT2D eigenvalue weighted by molar-refractivity contribution is 14.1. The van der Waals surface area contributed by atoms with Gasteiger partial charge in [0, 0.05) is 30.3 Å². The smallest absolute Gasteiger partial charge is 0.189 e. The van der Waals surface area contributed by atoms with E-state index in [1.54, 1.807) is 32.4 Å². The molecule has 1 aliphatic carbocycles. The van der Waals surface area contributed by atoms with Crippen LogP contribution in [-0.2, 0) is 6.42 Å². The van der Waals surface area contributed by atoms with Gasteiger partial charge in [-0.2, -0.15) is 0 Å². The molecule has 124 valence electrons. The number of phenols is 1. The molecular weight excluding hydrogens is 534 g/mol. The van der Waals surface area contributed by atoms with Gasteiger partial charge in [0.15, 0.2) is 17.3 Å². The molecule has 0 fully saturated rings. The van der Waals surface area contributed by atoms with Crippen molar-refractivity contribution in [2.24, 2.45) is 0 Å². The van der Waals surface area contributed by atoms with Crippen molar-refractivity contribution < 1.29 is 19.4 Å². The summed E-state index contributed by atoms with van der Waals surface area (Å²) in [5.74, 6) is 1.28. The maximum atomic E-state index is 12.7. The molecule has 0 radical (unpaired) electrons. The van der Waals surface area contributed by atoms with E-state index in [0.717, 1.165) is 12.7 Å². The van der Waals surface area contributed by atoms with Gasteiger partial charge < -0.3 is 14.6 Å². The number of carbonyl (C=O) groups excluding carboxylic acids is 1. The Morgan fingerprint density at radius 3 is 2.38 bits per heavy atom. The number of methoxy groups -OCH3 is 2. The molecule has 2 aromatic carbocycles. The second kappa shape index (κ2) is 6.91. The van der Waals surface area contributed by atoms with Gasteiger partial charge in [0.1, 0.15) is 5.75 Å². The molecule has 4 nitrogen and oxygen atoms in total. The van der Waals surface area contributed by atoms with E-state index in [1.807, 2.05) is 12.1 Å². The van der Waals surface area contributed by atoms with Crippen molar-refractivity contribution in [3.05, 3.63) is 53.7 Å². The van der Waals surface area contributed by atoms with E-state index in [1.165, 1.54) is 0 Å². The van der Waals surface area contributed by atoms with Crippen LogP contribution in [0.3, 0.4) is 0 Å². The fourth-order valence-corrected chi connectivity index (χ4v) is 4.71. The first-order chi connectivity index (χ1) is 11.4. The van der Waals surface area contributed by atoms with Crippen molar-refractivity contribution in [1.29, 1.82) is 0 Å². The second-order valence-electron chi connectivity index (χ2n) is 5.36. The van der Waals surface area contributed by atoms with Crippen LogP contribution in [0.15, 0.2) is 29.8 Å². The van der Waals surface area contributed by atoms with Gasteiger partial charge in [0.25, 0.3) is 0 Å². The fourth-order valence-electron chi connectivity index (χ4n) is 2.74.